The Morgan fingerprint density at radius 1 is 1.26 bits per heavy atom. The molecule has 38 heavy (non-hydrogen) atoms. The lowest BCUT2D eigenvalue weighted by molar-refractivity contribution is -0.194. The highest BCUT2D eigenvalue weighted by Crippen LogP contribution is 2.49. The maximum atomic E-state index is 15.1. The zero-order chi connectivity index (χ0) is 27.0. The quantitative estimate of drug-likeness (QED) is 0.446. The maximum Gasteiger partial charge on any atom is 0.255 e. The summed E-state index contributed by atoms with van der Waals surface area (Å²) in [5, 5.41) is 22.5. The van der Waals surface area contributed by atoms with Gasteiger partial charge in [0, 0.05) is 38.2 Å². The Kier molecular flexibility index (Phi) is 7.29. The SMILES string of the molecule is Cn1cc(N[C@H](CC2CC2)C(=O)N2[C@@H]3CC[C@H]([C@H]2C(=O)N[C@H](C#N)C[C@H]2CCCNC2=O)C(F)(F)C3)cn1. The molecule has 2 saturated carbocycles. The molecular weight excluding hydrogens is 496 g/mol. The molecular formula is C26H35F2N7O3. The van der Waals surface area contributed by atoms with E-state index in [2.05, 4.69) is 21.0 Å². The first-order valence-corrected chi connectivity index (χ1v) is 13.6. The first-order chi connectivity index (χ1) is 18.2. The summed E-state index contributed by atoms with van der Waals surface area (Å²) in [6.45, 7) is 0.575. The zero-order valence-electron chi connectivity index (χ0n) is 21.5. The number of nitriles is 1. The minimum Gasteiger partial charge on any atom is -0.371 e. The maximum absolute atomic E-state index is 15.1. The Bertz CT molecular complexity index is 1110. The molecule has 0 aromatic carbocycles. The molecule has 3 aliphatic heterocycles. The number of aromatic nitrogens is 2. The molecule has 6 rings (SSSR count). The van der Waals surface area contributed by atoms with Crippen LogP contribution in [0.1, 0.15) is 57.8 Å². The number of hydrogen-bond acceptors (Lipinski definition) is 6. The van der Waals surface area contributed by atoms with Crippen LogP contribution in [0.5, 0.6) is 0 Å². The molecule has 3 amide bonds. The summed E-state index contributed by atoms with van der Waals surface area (Å²) < 4.78 is 31.8. The van der Waals surface area contributed by atoms with Crippen molar-refractivity contribution < 1.29 is 23.2 Å². The highest BCUT2D eigenvalue weighted by atomic mass is 19.3. The molecule has 0 unspecified atom stereocenters. The lowest BCUT2D eigenvalue weighted by Crippen LogP contribution is -2.70. The van der Waals surface area contributed by atoms with Gasteiger partial charge in [0.05, 0.1) is 23.9 Å². The molecule has 6 atom stereocenters. The first-order valence-electron chi connectivity index (χ1n) is 13.6. The second-order valence-corrected chi connectivity index (χ2v) is 11.3. The van der Waals surface area contributed by atoms with Gasteiger partial charge in [0.1, 0.15) is 18.1 Å². The van der Waals surface area contributed by atoms with Crippen molar-refractivity contribution in [3.8, 4) is 6.07 Å². The summed E-state index contributed by atoms with van der Waals surface area (Å²) in [6, 6.07) is -1.81. The van der Waals surface area contributed by atoms with Crippen LogP contribution in [-0.4, -0.2) is 69.0 Å². The number of amides is 3. The number of carbonyl (C=O) groups excluding carboxylic acids is 3. The van der Waals surface area contributed by atoms with E-state index in [9.17, 15) is 19.6 Å². The molecule has 12 heteroatoms. The third kappa shape index (κ3) is 5.47. The van der Waals surface area contributed by atoms with Crippen molar-refractivity contribution in [1.29, 1.82) is 5.26 Å². The van der Waals surface area contributed by atoms with Gasteiger partial charge in [-0.2, -0.15) is 10.4 Å². The summed E-state index contributed by atoms with van der Waals surface area (Å²) in [4.78, 5) is 41.1. The summed E-state index contributed by atoms with van der Waals surface area (Å²) in [6.07, 6.45) is 7.44. The number of hydrogen-bond donors (Lipinski definition) is 3. The smallest absolute Gasteiger partial charge is 0.255 e. The van der Waals surface area contributed by atoms with Crippen LogP contribution in [-0.2, 0) is 21.4 Å². The van der Waals surface area contributed by atoms with Crippen molar-refractivity contribution >= 4 is 23.4 Å². The average molecular weight is 532 g/mol. The third-order valence-corrected chi connectivity index (χ3v) is 8.46. The predicted octanol–water partition coefficient (Wildman–Crippen LogP) is 1.94. The van der Waals surface area contributed by atoms with E-state index in [0.29, 0.717) is 37.4 Å². The van der Waals surface area contributed by atoms with E-state index in [0.717, 1.165) is 19.3 Å². The second kappa shape index (κ2) is 10.5. The van der Waals surface area contributed by atoms with E-state index < -0.39 is 54.3 Å². The molecule has 3 saturated heterocycles. The fraction of sp³-hybridized carbons (Fsp3) is 0.731. The van der Waals surface area contributed by atoms with Gasteiger partial charge in [0.25, 0.3) is 5.92 Å². The van der Waals surface area contributed by atoms with Gasteiger partial charge in [-0.05, 0) is 44.4 Å². The number of alkyl halides is 2. The standard InChI is InChI=1S/C26H35F2N7O3/c1-34-14-18(13-31-34)32-21(9-15-4-5-15)25(38)35-19-6-7-20(26(27,28)11-19)22(35)24(37)33-17(12-29)10-16-3-2-8-30-23(16)36/h13-17,19-22,32H,2-11H2,1H3,(H,30,36)(H,33,37)/t16-,17+,19-,20-,21-,22+/m1/s1. The third-order valence-electron chi connectivity index (χ3n) is 8.46. The van der Waals surface area contributed by atoms with Crippen molar-refractivity contribution in [3.63, 3.8) is 0 Å². The number of aryl methyl sites for hydroxylation is 1. The fourth-order valence-corrected chi connectivity index (χ4v) is 6.36. The van der Waals surface area contributed by atoms with Gasteiger partial charge < -0.3 is 20.9 Å². The highest BCUT2D eigenvalue weighted by molar-refractivity contribution is 5.92. The summed E-state index contributed by atoms with van der Waals surface area (Å²) in [5.74, 6) is -5.76. The fourth-order valence-electron chi connectivity index (χ4n) is 6.36. The zero-order valence-corrected chi connectivity index (χ0v) is 21.5. The second-order valence-electron chi connectivity index (χ2n) is 11.3. The van der Waals surface area contributed by atoms with Crippen LogP contribution in [0.15, 0.2) is 12.4 Å². The largest absolute Gasteiger partial charge is 0.371 e. The Labute approximate surface area is 220 Å². The summed E-state index contributed by atoms with van der Waals surface area (Å²) >= 11 is 0. The molecule has 3 N–H and O–H groups in total. The Balaban J connectivity index is 1.37. The van der Waals surface area contributed by atoms with Crippen LogP contribution in [0.25, 0.3) is 0 Å². The van der Waals surface area contributed by atoms with Crippen LogP contribution in [0.4, 0.5) is 14.5 Å². The van der Waals surface area contributed by atoms with Crippen LogP contribution in [0, 0.1) is 29.1 Å². The van der Waals surface area contributed by atoms with Crippen LogP contribution < -0.4 is 16.0 Å². The van der Waals surface area contributed by atoms with E-state index in [4.69, 9.17) is 0 Å². The Hall–Kier alpha value is -3.23. The molecule has 2 bridgehead atoms. The topological polar surface area (TPSA) is 132 Å². The molecule has 206 valence electrons. The van der Waals surface area contributed by atoms with Gasteiger partial charge >= 0.3 is 0 Å². The van der Waals surface area contributed by atoms with Crippen molar-refractivity contribution in [2.24, 2.45) is 24.8 Å². The van der Waals surface area contributed by atoms with E-state index in [1.165, 1.54) is 4.90 Å². The predicted molar refractivity (Wildman–Crippen MR) is 133 cm³/mol. The number of carbonyl (C=O) groups is 3. The van der Waals surface area contributed by atoms with Crippen LogP contribution in [0.3, 0.4) is 0 Å². The Morgan fingerprint density at radius 2 is 2.05 bits per heavy atom. The molecule has 1 aromatic rings. The van der Waals surface area contributed by atoms with Gasteiger partial charge in [-0.1, -0.05) is 12.8 Å². The van der Waals surface area contributed by atoms with Gasteiger partial charge in [0.2, 0.25) is 17.7 Å². The van der Waals surface area contributed by atoms with Crippen LogP contribution >= 0.6 is 0 Å². The van der Waals surface area contributed by atoms with Gasteiger partial charge in [-0.15, -0.1) is 0 Å². The summed E-state index contributed by atoms with van der Waals surface area (Å²) in [5.41, 5.74) is 0.648. The molecule has 1 aromatic heterocycles. The minimum atomic E-state index is -3.09. The van der Waals surface area contributed by atoms with Gasteiger partial charge in [-0.3, -0.25) is 19.1 Å². The number of piperidine rings is 3. The highest BCUT2D eigenvalue weighted by Gasteiger charge is 2.61. The number of rotatable bonds is 9. The molecule has 5 aliphatic rings. The van der Waals surface area contributed by atoms with Crippen molar-refractivity contribution in [3.05, 3.63) is 12.4 Å². The number of nitrogens with one attached hydrogen (secondary N) is 3. The first kappa shape index (κ1) is 26.4. The normalized spacial score (nSPS) is 29.6. The van der Waals surface area contributed by atoms with E-state index in [1.807, 2.05) is 6.07 Å². The molecule has 2 aliphatic carbocycles. The van der Waals surface area contributed by atoms with Crippen LogP contribution in [0.2, 0.25) is 0 Å². The number of anilines is 1. The molecule has 5 fully saturated rings. The van der Waals surface area contributed by atoms with E-state index >= 15 is 8.78 Å². The van der Waals surface area contributed by atoms with Crippen molar-refractivity contribution in [2.75, 3.05) is 11.9 Å². The minimum absolute atomic E-state index is 0.103. The number of nitrogens with zero attached hydrogens (tertiary/aromatic N) is 4. The molecule has 0 radical (unpaired) electrons. The molecule has 0 spiro atoms. The van der Waals surface area contributed by atoms with E-state index in [1.54, 1.807) is 24.1 Å². The lowest BCUT2D eigenvalue weighted by Gasteiger charge is -2.54. The monoisotopic (exact) mass is 531 g/mol. The average Bonchev–Trinajstić information content (AvgIpc) is 3.61. The van der Waals surface area contributed by atoms with Crippen molar-refractivity contribution in [2.45, 2.75) is 87.9 Å². The van der Waals surface area contributed by atoms with Crippen molar-refractivity contribution in [1.82, 2.24) is 25.3 Å². The van der Waals surface area contributed by atoms with Gasteiger partial charge in [0.15, 0.2) is 0 Å². The molecule has 4 heterocycles. The van der Waals surface area contributed by atoms with Gasteiger partial charge in [-0.25, -0.2) is 8.78 Å². The number of fused-ring (bicyclic) bond motifs is 3. The lowest BCUT2D eigenvalue weighted by atomic mass is 9.71. The Morgan fingerprint density at radius 3 is 2.68 bits per heavy atom. The number of halogens is 2. The van der Waals surface area contributed by atoms with E-state index in [-0.39, 0.29) is 24.7 Å². The summed E-state index contributed by atoms with van der Waals surface area (Å²) in [7, 11) is 1.76. The molecule has 10 nitrogen and oxygen atoms in total.